The quantitative estimate of drug-likeness (QED) is 0.263. The summed E-state index contributed by atoms with van der Waals surface area (Å²) in [5.74, 6) is -0.703. The van der Waals surface area contributed by atoms with E-state index < -0.39 is 12.1 Å². The molecule has 108 valence electrons. The first-order valence-corrected chi connectivity index (χ1v) is 6.50. The van der Waals surface area contributed by atoms with Gasteiger partial charge in [-0.2, -0.15) is 5.26 Å². The summed E-state index contributed by atoms with van der Waals surface area (Å²) in [6.45, 7) is 10.5. The molecule has 5 nitrogen and oxygen atoms in total. The molecule has 19 heavy (non-hydrogen) atoms. The van der Waals surface area contributed by atoms with Crippen LogP contribution in [0.5, 0.6) is 0 Å². The number of nitriles is 1. The molecule has 0 spiro atoms. The highest BCUT2D eigenvalue weighted by Gasteiger charge is 2.14. The van der Waals surface area contributed by atoms with Crippen LogP contribution in [0.1, 0.15) is 33.6 Å². The minimum atomic E-state index is -0.703. The molecule has 0 aliphatic heterocycles. The van der Waals surface area contributed by atoms with Crippen molar-refractivity contribution >= 4 is 5.97 Å². The van der Waals surface area contributed by atoms with Crippen molar-refractivity contribution in [2.24, 2.45) is 0 Å². The van der Waals surface area contributed by atoms with Gasteiger partial charge in [0.2, 0.25) is 0 Å². The predicted octanol–water partition coefficient (Wildman–Crippen LogP) is 2.22. The molecule has 0 aromatic rings. The van der Waals surface area contributed by atoms with Crippen LogP contribution < -0.4 is 0 Å². The molecular weight excluding hydrogens is 246 g/mol. The first-order chi connectivity index (χ1) is 9.01. The van der Waals surface area contributed by atoms with Gasteiger partial charge in [0, 0.05) is 6.61 Å². The highest BCUT2D eigenvalue weighted by atomic mass is 16.6. The lowest BCUT2D eigenvalue weighted by Crippen LogP contribution is -2.25. The smallest absolute Gasteiger partial charge is 0.348 e. The summed E-state index contributed by atoms with van der Waals surface area (Å²) in [5, 5.41) is 8.48. The van der Waals surface area contributed by atoms with E-state index in [1.165, 1.54) is 0 Å². The van der Waals surface area contributed by atoms with Gasteiger partial charge >= 0.3 is 5.97 Å². The maximum atomic E-state index is 11.2. The average molecular weight is 269 g/mol. The minimum Gasteiger partial charge on any atom is -0.456 e. The number of nitrogens with zero attached hydrogens (tertiary/aromatic N) is 1. The Kier molecular flexibility index (Phi) is 9.77. The summed E-state index contributed by atoms with van der Waals surface area (Å²) in [5.41, 5.74) is -0.206. The van der Waals surface area contributed by atoms with Crippen molar-refractivity contribution in [3.8, 4) is 6.07 Å². The fourth-order valence-electron chi connectivity index (χ4n) is 1.18. The second-order valence-electron chi connectivity index (χ2n) is 4.38. The van der Waals surface area contributed by atoms with E-state index in [2.05, 4.69) is 13.5 Å². The van der Waals surface area contributed by atoms with Gasteiger partial charge in [0.1, 0.15) is 17.7 Å². The van der Waals surface area contributed by atoms with E-state index in [9.17, 15) is 4.79 Å². The van der Waals surface area contributed by atoms with E-state index in [-0.39, 0.29) is 18.3 Å². The van der Waals surface area contributed by atoms with Crippen LogP contribution in [0.4, 0.5) is 0 Å². The van der Waals surface area contributed by atoms with Crippen molar-refractivity contribution in [3.63, 3.8) is 0 Å². The van der Waals surface area contributed by atoms with Gasteiger partial charge in [-0.05, 0) is 20.3 Å². The van der Waals surface area contributed by atoms with E-state index >= 15 is 0 Å². The van der Waals surface area contributed by atoms with Crippen LogP contribution in [-0.2, 0) is 19.0 Å². The summed E-state index contributed by atoms with van der Waals surface area (Å²) < 4.78 is 15.9. The Balaban J connectivity index is 3.72. The molecule has 0 amide bonds. The van der Waals surface area contributed by atoms with Crippen LogP contribution >= 0.6 is 0 Å². The molecule has 0 saturated heterocycles. The van der Waals surface area contributed by atoms with E-state index in [4.69, 9.17) is 19.5 Å². The number of carbonyl (C=O) groups excluding carboxylic acids is 1. The summed E-state index contributed by atoms with van der Waals surface area (Å²) in [7, 11) is 0. The predicted molar refractivity (Wildman–Crippen MR) is 71.4 cm³/mol. The average Bonchev–Trinajstić information content (AvgIpc) is 2.40. The summed E-state index contributed by atoms with van der Waals surface area (Å²) in [4.78, 5) is 11.2. The van der Waals surface area contributed by atoms with Crippen LogP contribution in [-0.4, -0.2) is 38.0 Å². The molecule has 2 atom stereocenters. The van der Waals surface area contributed by atoms with Crippen molar-refractivity contribution in [1.82, 2.24) is 0 Å². The van der Waals surface area contributed by atoms with Crippen LogP contribution in [0.15, 0.2) is 12.2 Å². The van der Waals surface area contributed by atoms with E-state index in [1.807, 2.05) is 6.92 Å². The van der Waals surface area contributed by atoms with Crippen LogP contribution in [0, 0.1) is 11.3 Å². The number of ether oxygens (including phenoxy) is 3. The van der Waals surface area contributed by atoms with Gasteiger partial charge in [0.25, 0.3) is 0 Å². The fourth-order valence-corrected chi connectivity index (χ4v) is 1.18. The lowest BCUT2D eigenvalue weighted by atomic mass is 10.3. The molecule has 0 saturated carbocycles. The zero-order valence-electron chi connectivity index (χ0n) is 12.0. The van der Waals surface area contributed by atoms with Crippen LogP contribution in [0.2, 0.25) is 0 Å². The van der Waals surface area contributed by atoms with Gasteiger partial charge in [0.05, 0.1) is 19.3 Å². The van der Waals surface area contributed by atoms with Gasteiger partial charge in [-0.3, -0.25) is 0 Å². The molecule has 2 unspecified atom stereocenters. The number of rotatable bonds is 10. The first kappa shape index (κ1) is 17.6. The van der Waals surface area contributed by atoms with Crippen molar-refractivity contribution in [3.05, 3.63) is 12.2 Å². The van der Waals surface area contributed by atoms with Gasteiger partial charge in [-0.15, -0.1) is 0 Å². The van der Waals surface area contributed by atoms with Crippen molar-refractivity contribution in [2.75, 3.05) is 19.8 Å². The maximum absolute atomic E-state index is 11.2. The first-order valence-electron chi connectivity index (χ1n) is 6.50. The zero-order valence-corrected chi connectivity index (χ0v) is 12.0. The second kappa shape index (κ2) is 10.5. The number of hydrogen-bond acceptors (Lipinski definition) is 5. The number of esters is 1. The third kappa shape index (κ3) is 9.23. The Morgan fingerprint density at radius 2 is 2.00 bits per heavy atom. The number of unbranched alkanes of at least 4 members (excludes halogenated alkanes) is 1. The van der Waals surface area contributed by atoms with Gasteiger partial charge < -0.3 is 14.2 Å². The summed E-state index contributed by atoms with van der Waals surface area (Å²) in [6.07, 6.45) is 1.66. The molecule has 0 aliphatic rings. The minimum absolute atomic E-state index is 0.0582. The molecule has 0 N–H and O–H groups in total. The molecule has 0 rings (SSSR count). The Labute approximate surface area is 115 Å². The molecule has 0 bridgehead atoms. The summed E-state index contributed by atoms with van der Waals surface area (Å²) in [6, 6.07) is 1.64. The Bertz CT molecular complexity index is 322. The highest BCUT2D eigenvalue weighted by Crippen LogP contribution is 2.02. The normalized spacial score (nSPS) is 13.4. The Hall–Kier alpha value is -1.38. The van der Waals surface area contributed by atoms with Crippen molar-refractivity contribution < 1.29 is 19.0 Å². The van der Waals surface area contributed by atoms with Crippen LogP contribution in [0.3, 0.4) is 0 Å². The molecule has 0 aromatic carbocycles. The third-order valence-electron chi connectivity index (χ3n) is 2.30. The molecule has 5 heteroatoms. The van der Waals surface area contributed by atoms with Crippen molar-refractivity contribution in [2.45, 2.75) is 45.8 Å². The van der Waals surface area contributed by atoms with Gasteiger partial charge in [0.15, 0.2) is 0 Å². The van der Waals surface area contributed by atoms with E-state index in [0.717, 1.165) is 19.4 Å². The topological polar surface area (TPSA) is 68.6 Å². The highest BCUT2D eigenvalue weighted by molar-refractivity contribution is 5.91. The van der Waals surface area contributed by atoms with Gasteiger partial charge in [-0.1, -0.05) is 19.9 Å². The molecule has 0 radical (unpaired) electrons. The Morgan fingerprint density at radius 3 is 2.58 bits per heavy atom. The van der Waals surface area contributed by atoms with Gasteiger partial charge in [-0.25, -0.2) is 4.79 Å². The van der Waals surface area contributed by atoms with Crippen LogP contribution in [0.25, 0.3) is 0 Å². The van der Waals surface area contributed by atoms with E-state index in [1.54, 1.807) is 13.0 Å². The molecule has 0 aliphatic carbocycles. The largest absolute Gasteiger partial charge is 0.456 e. The number of hydrogen-bond donors (Lipinski definition) is 0. The van der Waals surface area contributed by atoms with Crippen molar-refractivity contribution in [1.29, 1.82) is 5.26 Å². The summed E-state index contributed by atoms with van der Waals surface area (Å²) >= 11 is 0. The zero-order chi connectivity index (χ0) is 14.7. The lowest BCUT2D eigenvalue weighted by Gasteiger charge is -2.17. The fraction of sp³-hybridized carbons (Fsp3) is 0.714. The SMILES string of the molecule is C=C(C#N)C(=O)OC(C)COC(C)COCCCC. The maximum Gasteiger partial charge on any atom is 0.348 e. The monoisotopic (exact) mass is 269 g/mol. The molecule has 0 fully saturated rings. The Morgan fingerprint density at radius 1 is 1.32 bits per heavy atom. The second-order valence-corrected chi connectivity index (χ2v) is 4.38. The molecule has 0 heterocycles. The standard InChI is InChI=1S/C14H23NO4/c1-5-6-7-17-9-12(3)18-10-13(4)19-14(16)11(2)8-15/h12-13H,2,5-7,9-10H2,1,3-4H3. The van der Waals surface area contributed by atoms with E-state index in [0.29, 0.717) is 6.61 Å². The molecule has 0 aromatic heterocycles. The number of carbonyl (C=O) groups is 1. The lowest BCUT2D eigenvalue weighted by molar-refractivity contribution is -0.147. The molecular formula is C14H23NO4. The third-order valence-corrected chi connectivity index (χ3v) is 2.30.